The Morgan fingerprint density at radius 1 is 1.71 bits per heavy atom. The maximum atomic E-state index is 3.30. The van der Waals surface area contributed by atoms with Crippen LogP contribution in [0.2, 0.25) is 0 Å². The fourth-order valence-electron chi connectivity index (χ4n) is 0.433. The second kappa shape index (κ2) is 4.19. The van der Waals surface area contributed by atoms with Crippen molar-refractivity contribution < 1.29 is 0 Å². The van der Waals surface area contributed by atoms with Crippen molar-refractivity contribution in [2.45, 2.75) is 26.2 Å². The van der Waals surface area contributed by atoms with Crippen molar-refractivity contribution in [3.63, 3.8) is 0 Å². The van der Waals surface area contributed by atoms with Gasteiger partial charge >= 0.3 is 0 Å². The maximum Gasteiger partial charge on any atom is 0.123 e. The number of nitrogens with one attached hydrogen (secondary N) is 1. The molecule has 0 aliphatic carbocycles. The maximum absolute atomic E-state index is 3.30. The highest BCUT2D eigenvalue weighted by Crippen LogP contribution is 1.72. The quantitative estimate of drug-likeness (QED) is 0.489. The van der Waals surface area contributed by atoms with Crippen molar-refractivity contribution in [1.29, 1.82) is 0 Å². The predicted octanol–water partition coefficient (Wildman–Crippen LogP) is -0.0349. The normalized spacial score (nSPS) is 14.0. The van der Waals surface area contributed by atoms with Crippen molar-refractivity contribution in [2.24, 2.45) is 0 Å². The lowest BCUT2D eigenvalue weighted by atomic mass is 9.99. The fourth-order valence-corrected chi connectivity index (χ4v) is 0.433. The molecule has 1 nitrogen and oxygen atoms in total. The van der Waals surface area contributed by atoms with Crippen LogP contribution >= 0.6 is 0 Å². The Bertz CT molecular complexity index is 37.1. The highest BCUT2D eigenvalue weighted by molar-refractivity contribution is 6.11. The van der Waals surface area contributed by atoms with Crippen LogP contribution in [0.15, 0.2) is 0 Å². The van der Waals surface area contributed by atoms with Crippen molar-refractivity contribution in [3.05, 3.63) is 0 Å². The van der Waals surface area contributed by atoms with Crippen molar-refractivity contribution >= 4 is 7.85 Å². The molecule has 0 aliphatic heterocycles. The summed E-state index contributed by atoms with van der Waals surface area (Å²) in [5, 5.41) is 3.30. The van der Waals surface area contributed by atoms with Gasteiger partial charge in [0.2, 0.25) is 0 Å². The molecule has 1 atom stereocenters. The molecule has 0 fully saturated rings. The van der Waals surface area contributed by atoms with E-state index in [4.69, 9.17) is 0 Å². The largest absolute Gasteiger partial charge is 0.322 e. The van der Waals surface area contributed by atoms with Gasteiger partial charge in [0.1, 0.15) is 7.85 Å². The van der Waals surface area contributed by atoms with Crippen LogP contribution in [-0.2, 0) is 0 Å². The Balaban J connectivity index is 2.68. The van der Waals surface area contributed by atoms with Gasteiger partial charge in [-0.2, -0.15) is 0 Å². The van der Waals surface area contributed by atoms with Gasteiger partial charge < -0.3 is 5.32 Å². The number of hydrogen-bond donors (Lipinski definition) is 1. The lowest BCUT2D eigenvalue weighted by Gasteiger charge is -2.03. The highest BCUT2D eigenvalue weighted by atomic mass is 14.9. The summed E-state index contributed by atoms with van der Waals surface area (Å²) in [5.74, 6) is 0.653. The molecule has 0 spiro atoms. The van der Waals surface area contributed by atoms with Gasteiger partial charge in [-0.1, -0.05) is 13.8 Å². The molecule has 0 amide bonds. The predicted molar refractivity (Wildman–Crippen MR) is 36.3 cm³/mol. The summed E-state index contributed by atoms with van der Waals surface area (Å²) in [6.45, 7) is 5.49. The van der Waals surface area contributed by atoms with Gasteiger partial charge in [0.05, 0.1) is 0 Å². The summed E-state index contributed by atoms with van der Waals surface area (Å²) in [5.41, 5.74) is 0. The summed E-state index contributed by atoms with van der Waals surface area (Å²) in [6, 6.07) is 0. The van der Waals surface area contributed by atoms with E-state index in [-0.39, 0.29) is 0 Å². The van der Waals surface area contributed by atoms with Crippen LogP contribution in [-0.4, -0.2) is 20.3 Å². The highest BCUT2D eigenvalue weighted by Gasteiger charge is 1.85. The van der Waals surface area contributed by atoms with Gasteiger partial charge in [-0.15, -0.1) is 0 Å². The lowest BCUT2D eigenvalue weighted by Crippen LogP contribution is -2.26. The third kappa shape index (κ3) is 6.02. The molecule has 0 rings (SSSR count). The van der Waals surface area contributed by atoms with Crippen LogP contribution in [0.25, 0.3) is 0 Å². The van der Waals surface area contributed by atoms with Crippen LogP contribution in [0.5, 0.6) is 0 Å². The van der Waals surface area contributed by atoms with Crippen molar-refractivity contribution in [1.82, 2.24) is 5.32 Å². The van der Waals surface area contributed by atoms with E-state index >= 15 is 0 Å². The molecule has 0 saturated heterocycles. The summed E-state index contributed by atoms with van der Waals surface area (Å²) in [6.07, 6.45) is 1.23. The molecule has 1 N–H and O–H groups in total. The molecule has 0 radical (unpaired) electrons. The summed E-state index contributed by atoms with van der Waals surface area (Å²) in [7, 11) is 2.16. The van der Waals surface area contributed by atoms with Crippen molar-refractivity contribution in [3.8, 4) is 0 Å². The number of rotatable bonds is 3. The van der Waals surface area contributed by atoms with E-state index in [2.05, 4.69) is 27.0 Å². The number of hydrogen-bond acceptors (Lipinski definition) is 1. The Kier molecular flexibility index (Phi) is 4.21. The zero-order valence-electron chi connectivity index (χ0n) is 5.49. The first-order valence-corrected chi connectivity index (χ1v) is 3.00. The zero-order chi connectivity index (χ0) is 5.70. The van der Waals surface area contributed by atoms with Crippen LogP contribution in [0.4, 0.5) is 0 Å². The van der Waals surface area contributed by atoms with Crippen LogP contribution < -0.4 is 5.32 Å². The Morgan fingerprint density at radius 2 is 2.29 bits per heavy atom. The molecule has 42 valence electrons. The van der Waals surface area contributed by atoms with Crippen molar-refractivity contribution in [2.75, 3.05) is 6.54 Å². The van der Waals surface area contributed by atoms with E-state index < -0.39 is 0 Å². The zero-order valence-corrected chi connectivity index (χ0v) is 5.49. The van der Waals surface area contributed by atoms with E-state index in [0.29, 0.717) is 5.94 Å². The van der Waals surface area contributed by atoms with Gasteiger partial charge in [-0.3, -0.25) is 0 Å². The molecular weight excluding hydrogens is 84.9 g/mol. The Labute approximate surface area is 46.9 Å². The molecule has 0 aromatic carbocycles. The third-order valence-corrected chi connectivity index (χ3v) is 0.803. The van der Waals surface area contributed by atoms with Gasteiger partial charge in [0, 0.05) is 0 Å². The third-order valence-electron chi connectivity index (χ3n) is 0.803. The van der Waals surface area contributed by atoms with E-state index in [1.165, 1.54) is 6.42 Å². The molecule has 2 heteroatoms. The first-order chi connectivity index (χ1) is 3.27. The lowest BCUT2D eigenvalue weighted by molar-refractivity contribution is 0.663. The van der Waals surface area contributed by atoms with Gasteiger partial charge in [-0.05, 0) is 18.9 Å². The fraction of sp³-hybridized carbons (Fsp3) is 1.00. The minimum atomic E-state index is 0.653. The van der Waals surface area contributed by atoms with Gasteiger partial charge in [0.25, 0.3) is 0 Å². The average molecular weight is 99.0 g/mol. The molecule has 0 aliphatic rings. The van der Waals surface area contributed by atoms with Gasteiger partial charge in [0.15, 0.2) is 0 Å². The Hall–Kier alpha value is 0.0249. The Morgan fingerprint density at radius 3 is 2.43 bits per heavy atom. The first-order valence-electron chi connectivity index (χ1n) is 3.00. The molecular formula is C5H14BN. The minimum absolute atomic E-state index is 0.653. The molecule has 0 heterocycles. The van der Waals surface area contributed by atoms with Crippen LogP contribution in [0, 0.1) is 0 Å². The molecule has 7 heavy (non-hydrogen) atoms. The van der Waals surface area contributed by atoms with Crippen LogP contribution in [0.3, 0.4) is 0 Å². The summed E-state index contributed by atoms with van der Waals surface area (Å²) >= 11 is 0. The topological polar surface area (TPSA) is 12.0 Å². The molecule has 0 saturated carbocycles. The van der Waals surface area contributed by atoms with E-state index in [1.54, 1.807) is 0 Å². The van der Waals surface area contributed by atoms with E-state index in [9.17, 15) is 0 Å². The second-order valence-electron chi connectivity index (χ2n) is 2.11. The smallest absolute Gasteiger partial charge is 0.123 e. The minimum Gasteiger partial charge on any atom is -0.322 e. The second-order valence-corrected chi connectivity index (χ2v) is 2.11. The van der Waals surface area contributed by atoms with E-state index in [1.807, 2.05) is 0 Å². The van der Waals surface area contributed by atoms with E-state index in [0.717, 1.165) is 6.54 Å². The standard InChI is InChI=1S/C5H14BN/c1-3-4-7-5(2)6/h5,7H,3-4,6H2,1-2H3. The molecule has 0 aromatic heterocycles. The SMILES string of the molecule is BC(C)NCCC. The monoisotopic (exact) mass is 99.1 g/mol. The van der Waals surface area contributed by atoms with Gasteiger partial charge in [-0.25, -0.2) is 0 Å². The molecule has 1 unspecified atom stereocenters. The molecule has 0 aromatic rings. The summed E-state index contributed by atoms with van der Waals surface area (Å²) < 4.78 is 0. The summed E-state index contributed by atoms with van der Waals surface area (Å²) in [4.78, 5) is 0. The van der Waals surface area contributed by atoms with Crippen LogP contribution in [0.1, 0.15) is 20.3 Å². The average Bonchev–Trinajstić information content (AvgIpc) is 1.61. The molecule has 0 bridgehead atoms. The first kappa shape index (κ1) is 7.02.